The molecular weight excluding hydrogens is 331 g/mol. The monoisotopic (exact) mass is 340 g/mol. The van der Waals surface area contributed by atoms with E-state index >= 15 is 0 Å². The number of fused-ring (bicyclic) bond motifs is 1. The van der Waals surface area contributed by atoms with Crippen molar-refractivity contribution < 1.29 is 4.79 Å². The van der Waals surface area contributed by atoms with E-state index in [1.54, 1.807) is 16.6 Å². The van der Waals surface area contributed by atoms with Gasteiger partial charge in [-0.05, 0) is 32.0 Å². The summed E-state index contributed by atoms with van der Waals surface area (Å²) in [4.78, 5) is 18.3. The first-order chi connectivity index (χ1) is 9.95. The van der Waals surface area contributed by atoms with Crippen molar-refractivity contribution in [1.82, 2.24) is 14.6 Å². The van der Waals surface area contributed by atoms with E-state index in [1.807, 2.05) is 13.8 Å². The molecule has 0 unspecified atom stereocenters. The highest BCUT2D eigenvalue weighted by atomic mass is 35.5. The number of anilines is 1. The minimum Gasteiger partial charge on any atom is -0.289 e. The minimum absolute atomic E-state index is 0.241. The molecule has 5 nitrogen and oxygen atoms in total. The molecule has 108 valence electrons. The molecule has 1 N–H and O–H groups in total. The van der Waals surface area contributed by atoms with Gasteiger partial charge in [0.05, 0.1) is 16.3 Å². The van der Waals surface area contributed by atoms with E-state index in [9.17, 15) is 4.79 Å². The molecule has 21 heavy (non-hydrogen) atoms. The number of nitrogens with one attached hydrogen (secondary N) is 1. The van der Waals surface area contributed by atoms with Crippen LogP contribution in [-0.2, 0) is 0 Å². The number of nitrogens with zero attached hydrogens (tertiary/aromatic N) is 3. The molecule has 0 aliphatic carbocycles. The zero-order valence-electron chi connectivity index (χ0n) is 11.1. The zero-order chi connectivity index (χ0) is 15.1. The van der Waals surface area contributed by atoms with Crippen molar-refractivity contribution in [2.24, 2.45) is 0 Å². The fraction of sp³-hybridized carbons (Fsp3) is 0.154. The van der Waals surface area contributed by atoms with Gasteiger partial charge in [-0.15, -0.1) is 5.10 Å². The number of benzene rings is 1. The predicted octanol–water partition coefficient (Wildman–Crippen LogP) is 3.97. The van der Waals surface area contributed by atoms with Gasteiger partial charge in [-0.1, -0.05) is 34.5 Å². The molecule has 0 aliphatic heterocycles. The number of amides is 1. The van der Waals surface area contributed by atoms with Crippen molar-refractivity contribution in [3.05, 3.63) is 44.4 Å². The number of hydrogen-bond donors (Lipinski definition) is 1. The van der Waals surface area contributed by atoms with Gasteiger partial charge in [0.1, 0.15) is 0 Å². The van der Waals surface area contributed by atoms with Gasteiger partial charge >= 0.3 is 0 Å². The van der Waals surface area contributed by atoms with Gasteiger partial charge in [-0.3, -0.25) is 10.1 Å². The first kappa shape index (κ1) is 14.3. The van der Waals surface area contributed by atoms with Gasteiger partial charge in [0.2, 0.25) is 4.96 Å². The Labute approximate surface area is 134 Å². The highest BCUT2D eigenvalue weighted by molar-refractivity contribution is 7.17. The smallest absolute Gasteiger partial charge is 0.259 e. The molecule has 0 spiro atoms. The maximum atomic E-state index is 12.2. The highest BCUT2D eigenvalue weighted by Gasteiger charge is 2.15. The lowest BCUT2D eigenvalue weighted by Crippen LogP contribution is -2.13. The molecule has 0 fully saturated rings. The van der Waals surface area contributed by atoms with Gasteiger partial charge in [0.25, 0.3) is 11.9 Å². The van der Waals surface area contributed by atoms with Crippen LogP contribution in [-0.4, -0.2) is 20.5 Å². The van der Waals surface area contributed by atoms with E-state index in [-0.39, 0.29) is 11.5 Å². The number of hydrogen-bond acceptors (Lipinski definition) is 4. The van der Waals surface area contributed by atoms with Crippen molar-refractivity contribution in [1.29, 1.82) is 0 Å². The van der Waals surface area contributed by atoms with Crippen molar-refractivity contribution in [2.45, 2.75) is 13.8 Å². The van der Waals surface area contributed by atoms with E-state index in [1.165, 1.54) is 17.4 Å². The fourth-order valence-corrected chi connectivity index (χ4v) is 3.12. The van der Waals surface area contributed by atoms with Crippen LogP contribution in [0.5, 0.6) is 0 Å². The predicted molar refractivity (Wildman–Crippen MR) is 84.8 cm³/mol. The van der Waals surface area contributed by atoms with Crippen LogP contribution >= 0.6 is 34.5 Å². The Morgan fingerprint density at radius 2 is 2.10 bits per heavy atom. The average Bonchev–Trinajstić information content (AvgIpc) is 2.93. The van der Waals surface area contributed by atoms with Gasteiger partial charge in [0, 0.05) is 9.90 Å². The maximum Gasteiger partial charge on any atom is 0.259 e. The first-order valence-corrected chi connectivity index (χ1v) is 7.62. The maximum absolute atomic E-state index is 12.2. The van der Waals surface area contributed by atoms with Gasteiger partial charge in [-0.25, -0.2) is 4.52 Å². The summed E-state index contributed by atoms with van der Waals surface area (Å²) in [5.41, 5.74) is 1.29. The summed E-state index contributed by atoms with van der Waals surface area (Å²) < 4.78 is 1.70. The third-order valence-electron chi connectivity index (χ3n) is 3.05. The van der Waals surface area contributed by atoms with E-state index in [0.29, 0.717) is 10.0 Å². The molecule has 1 aromatic carbocycles. The molecule has 8 heteroatoms. The number of thiazole rings is 1. The van der Waals surface area contributed by atoms with E-state index in [2.05, 4.69) is 15.4 Å². The fourth-order valence-electron chi connectivity index (χ4n) is 1.84. The third-order valence-corrected chi connectivity index (χ3v) is 4.66. The topological polar surface area (TPSA) is 59.3 Å². The Bertz CT molecular complexity index is 855. The van der Waals surface area contributed by atoms with Crippen LogP contribution in [0.25, 0.3) is 4.96 Å². The number of halogens is 2. The van der Waals surface area contributed by atoms with Crippen molar-refractivity contribution in [2.75, 3.05) is 5.32 Å². The van der Waals surface area contributed by atoms with Crippen LogP contribution in [0.4, 0.5) is 5.95 Å². The van der Waals surface area contributed by atoms with E-state index in [0.717, 1.165) is 15.5 Å². The summed E-state index contributed by atoms with van der Waals surface area (Å²) >= 11 is 13.4. The summed E-state index contributed by atoms with van der Waals surface area (Å²) in [6, 6.07) is 4.70. The molecule has 3 rings (SSSR count). The Kier molecular flexibility index (Phi) is 3.61. The summed E-state index contributed by atoms with van der Waals surface area (Å²) in [7, 11) is 0. The zero-order valence-corrected chi connectivity index (χ0v) is 13.5. The molecule has 0 aliphatic rings. The normalized spacial score (nSPS) is 11.0. The Morgan fingerprint density at radius 1 is 1.33 bits per heavy atom. The Balaban J connectivity index is 1.90. The summed E-state index contributed by atoms with van der Waals surface area (Å²) in [6.07, 6.45) is 0. The lowest BCUT2D eigenvalue weighted by molar-refractivity contribution is 0.102. The second kappa shape index (κ2) is 5.29. The molecule has 3 aromatic rings. The lowest BCUT2D eigenvalue weighted by atomic mass is 10.2. The summed E-state index contributed by atoms with van der Waals surface area (Å²) in [5, 5.41) is 7.65. The largest absolute Gasteiger partial charge is 0.289 e. The first-order valence-electron chi connectivity index (χ1n) is 6.05. The van der Waals surface area contributed by atoms with Gasteiger partial charge < -0.3 is 0 Å². The minimum atomic E-state index is -0.393. The molecule has 0 saturated carbocycles. The lowest BCUT2D eigenvalue weighted by Gasteiger charge is -2.03. The molecule has 1 amide bonds. The van der Waals surface area contributed by atoms with Crippen LogP contribution in [0.15, 0.2) is 18.2 Å². The SMILES string of the molecule is Cc1sc2nc(NC(=O)c3cc(Cl)ccc3Cl)nn2c1C. The summed E-state index contributed by atoms with van der Waals surface area (Å²) in [6.45, 7) is 3.95. The quantitative estimate of drug-likeness (QED) is 0.767. The summed E-state index contributed by atoms with van der Waals surface area (Å²) in [5.74, 6) is -0.152. The average molecular weight is 341 g/mol. The molecule has 0 bridgehead atoms. The highest BCUT2D eigenvalue weighted by Crippen LogP contribution is 2.23. The number of aryl methyl sites for hydroxylation is 2. The van der Waals surface area contributed by atoms with Crippen molar-refractivity contribution in [3.8, 4) is 0 Å². The third kappa shape index (κ3) is 2.62. The van der Waals surface area contributed by atoms with Crippen LogP contribution in [0.2, 0.25) is 10.0 Å². The molecule has 2 heterocycles. The van der Waals surface area contributed by atoms with Gasteiger partial charge in [0.15, 0.2) is 0 Å². The molecule has 0 atom stereocenters. The van der Waals surface area contributed by atoms with Crippen LogP contribution < -0.4 is 5.32 Å². The molecule has 0 saturated heterocycles. The molecule has 2 aromatic heterocycles. The second-order valence-electron chi connectivity index (χ2n) is 4.45. The van der Waals surface area contributed by atoms with E-state index in [4.69, 9.17) is 23.2 Å². The van der Waals surface area contributed by atoms with Crippen molar-refractivity contribution in [3.63, 3.8) is 0 Å². The van der Waals surface area contributed by atoms with Crippen molar-refractivity contribution >= 4 is 51.4 Å². The Hall–Kier alpha value is -1.63. The second-order valence-corrected chi connectivity index (χ2v) is 6.48. The van der Waals surface area contributed by atoms with Crippen LogP contribution in [0.1, 0.15) is 20.9 Å². The molecule has 0 radical (unpaired) electrons. The van der Waals surface area contributed by atoms with Crippen LogP contribution in [0, 0.1) is 13.8 Å². The number of aromatic nitrogens is 3. The number of rotatable bonds is 2. The standard InChI is InChI=1S/C13H10Cl2N4OS/c1-6-7(2)21-13-17-12(18-19(6)13)16-11(20)9-5-8(14)3-4-10(9)15/h3-5H,1-2H3,(H,16,18,20). The van der Waals surface area contributed by atoms with E-state index < -0.39 is 5.91 Å². The molecular formula is C13H10Cl2N4OS. The van der Waals surface area contributed by atoms with Crippen LogP contribution in [0.3, 0.4) is 0 Å². The number of carbonyl (C=O) groups excluding carboxylic acids is 1. The number of carbonyl (C=O) groups is 1. The van der Waals surface area contributed by atoms with Gasteiger partial charge in [-0.2, -0.15) is 4.98 Å². The Morgan fingerprint density at radius 3 is 2.81 bits per heavy atom.